The average Bonchev–Trinajstić information content (AvgIpc) is 2.84. The second-order valence-corrected chi connectivity index (χ2v) is 5.76. The van der Waals surface area contributed by atoms with Crippen LogP contribution in [0, 0.1) is 6.92 Å². The number of aryl methyl sites for hydroxylation is 1. The summed E-state index contributed by atoms with van der Waals surface area (Å²) in [6.07, 6.45) is 1.79. The summed E-state index contributed by atoms with van der Waals surface area (Å²) >= 11 is 7.69. The van der Waals surface area contributed by atoms with Gasteiger partial charge < -0.3 is 5.11 Å². The van der Waals surface area contributed by atoms with Crippen molar-refractivity contribution >= 4 is 33.0 Å². The number of thiophene rings is 1. The lowest BCUT2D eigenvalue weighted by atomic mass is 10.0. The third-order valence-corrected chi connectivity index (χ3v) is 4.35. The van der Waals surface area contributed by atoms with E-state index in [2.05, 4.69) is 10.4 Å². The Hall–Kier alpha value is -1.42. The quantitative estimate of drug-likeness (QED) is 0.709. The zero-order valence-electron chi connectivity index (χ0n) is 10.4. The zero-order chi connectivity index (χ0) is 13.4. The number of rotatable bonds is 2. The Morgan fingerprint density at radius 3 is 2.89 bits per heavy atom. The average molecular weight is 290 g/mol. The number of halogens is 1. The van der Waals surface area contributed by atoms with Gasteiger partial charge in [0.1, 0.15) is 5.15 Å². The molecule has 0 fully saturated rings. The highest BCUT2D eigenvalue weighted by Crippen LogP contribution is 2.36. The first-order valence-electron chi connectivity index (χ1n) is 5.92. The maximum atomic E-state index is 9.27. The van der Waals surface area contributed by atoms with Crippen molar-refractivity contribution in [2.75, 3.05) is 0 Å². The number of benzene rings is 1. The van der Waals surface area contributed by atoms with Crippen molar-refractivity contribution in [3.8, 4) is 11.1 Å². The zero-order valence-corrected chi connectivity index (χ0v) is 11.9. The van der Waals surface area contributed by atoms with Crippen molar-refractivity contribution in [3.63, 3.8) is 0 Å². The van der Waals surface area contributed by atoms with Crippen LogP contribution in [-0.2, 0) is 6.61 Å². The normalized spacial score (nSPS) is 11.1. The van der Waals surface area contributed by atoms with E-state index >= 15 is 0 Å². The van der Waals surface area contributed by atoms with Crippen LogP contribution in [0.2, 0.25) is 5.15 Å². The van der Waals surface area contributed by atoms with Crippen molar-refractivity contribution < 1.29 is 5.11 Å². The molecule has 2 aromatic heterocycles. The number of aliphatic hydroxyl groups is 1. The maximum Gasteiger partial charge on any atom is 0.129 e. The molecule has 0 aliphatic heterocycles. The number of nitrogens with zero attached hydrogens (tertiary/aromatic N) is 1. The minimum atomic E-state index is 0.0569. The van der Waals surface area contributed by atoms with Crippen molar-refractivity contribution in [1.82, 2.24) is 4.98 Å². The molecule has 0 amide bonds. The highest BCUT2D eigenvalue weighted by atomic mass is 35.5. The fourth-order valence-corrected chi connectivity index (χ4v) is 3.27. The second kappa shape index (κ2) is 4.93. The molecule has 0 aliphatic carbocycles. The van der Waals surface area contributed by atoms with E-state index in [4.69, 9.17) is 11.6 Å². The van der Waals surface area contributed by atoms with Crippen LogP contribution in [0.5, 0.6) is 0 Å². The predicted octanol–water partition coefficient (Wildman–Crippen LogP) is 4.42. The summed E-state index contributed by atoms with van der Waals surface area (Å²) in [6, 6.07) is 7.93. The molecule has 3 aromatic rings. The smallest absolute Gasteiger partial charge is 0.129 e. The Morgan fingerprint density at radius 1 is 1.26 bits per heavy atom. The molecule has 0 saturated carbocycles. The molecule has 2 nitrogen and oxygen atoms in total. The molecule has 3 rings (SSSR count). The van der Waals surface area contributed by atoms with E-state index in [1.54, 1.807) is 17.5 Å². The molecule has 0 unspecified atom stereocenters. The molecule has 4 heteroatoms. The van der Waals surface area contributed by atoms with E-state index in [9.17, 15) is 5.11 Å². The van der Waals surface area contributed by atoms with E-state index < -0.39 is 0 Å². The highest BCUT2D eigenvalue weighted by molar-refractivity contribution is 7.17. The second-order valence-electron chi connectivity index (χ2n) is 4.46. The first-order valence-corrected chi connectivity index (χ1v) is 7.18. The van der Waals surface area contributed by atoms with Gasteiger partial charge in [0.15, 0.2) is 0 Å². The summed E-state index contributed by atoms with van der Waals surface area (Å²) in [4.78, 5) is 4.09. The van der Waals surface area contributed by atoms with Crippen LogP contribution in [-0.4, -0.2) is 10.1 Å². The molecular formula is C15H12ClNOS. The molecule has 0 radical (unpaired) electrons. The Bertz CT molecular complexity index is 751. The van der Waals surface area contributed by atoms with Crippen LogP contribution in [0.3, 0.4) is 0 Å². The lowest BCUT2D eigenvalue weighted by molar-refractivity contribution is 0.282. The Morgan fingerprint density at radius 2 is 2.11 bits per heavy atom. The van der Waals surface area contributed by atoms with Gasteiger partial charge in [-0.2, -0.15) is 0 Å². The number of pyridine rings is 1. The fraction of sp³-hybridized carbons (Fsp3) is 0.133. The standard InChI is InChI=1S/C15H12ClNOS/c1-9-6-17-15(16)5-11(9)13-8-19-14-3-2-10(7-18)4-12(13)14/h2-6,8,18H,7H2,1H3. The summed E-state index contributed by atoms with van der Waals surface area (Å²) in [5.41, 5.74) is 4.27. The van der Waals surface area contributed by atoms with E-state index in [-0.39, 0.29) is 6.61 Å². The van der Waals surface area contributed by atoms with Gasteiger partial charge in [-0.25, -0.2) is 4.98 Å². The van der Waals surface area contributed by atoms with Crippen molar-refractivity contribution in [2.24, 2.45) is 0 Å². The van der Waals surface area contributed by atoms with Gasteiger partial charge in [-0.05, 0) is 47.2 Å². The van der Waals surface area contributed by atoms with Gasteiger partial charge in [0, 0.05) is 21.8 Å². The Labute approximate surface area is 120 Å². The van der Waals surface area contributed by atoms with Crippen LogP contribution in [0.4, 0.5) is 0 Å². The van der Waals surface area contributed by atoms with Crippen LogP contribution < -0.4 is 0 Å². The first-order chi connectivity index (χ1) is 9.19. The first kappa shape index (κ1) is 12.6. The third-order valence-electron chi connectivity index (χ3n) is 3.18. The van der Waals surface area contributed by atoms with Gasteiger partial charge in [-0.15, -0.1) is 11.3 Å². The number of aliphatic hydroxyl groups excluding tert-OH is 1. The van der Waals surface area contributed by atoms with Gasteiger partial charge >= 0.3 is 0 Å². The molecule has 0 bridgehead atoms. The SMILES string of the molecule is Cc1cnc(Cl)cc1-c1csc2ccc(CO)cc12. The molecule has 1 N–H and O–H groups in total. The van der Waals surface area contributed by atoms with Crippen LogP contribution in [0.25, 0.3) is 21.2 Å². The molecule has 0 atom stereocenters. The van der Waals surface area contributed by atoms with Gasteiger partial charge in [0.25, 0.3) is 0 Å². The summed E-state index contributed by atoms with van der Waals surface area (Å²) in [7, 11) is 0. The Kier molecular flexibility index (Phi) is 3.27. The summed E-state index contributed by atoms with van der Waals surface area (Å²) < 4.78 is 1.21. The maximum absolute atomic E-state index is 9.27. The van der Waals surface area contributed by atoms with Crippen molar-refractivity contribution in [3.05, 3.63) is 52.1 Å². The van der Waals surface area contributed by atoms with Crippen LogP contribution >= 0.6 is 22.9 Å². The van der Waals surface area contributed by atoms with E-state index in [0.29, 0.717) is 5.15 Å². The van der Waals surface area contributed by atoms with Gasteiger partial charge in [-0.3, -0.25) is 0 Å². The van der Waals surface area contributed by atoms with E-state index in [1.165, 1.54) is 4.70 Å². The lowest BCUT2D eigenvalue weighted by Crippen LogP contribution is -1.86. The molecule has 0 spiro atoms. The van der Waals surface area contributed by atoms with Crippen LogP contribution in [0.15, 0.2) is 35.8 Å². The molecule has 0 aliphatic rings. The highest BCUT2D eigenvalue weighted by Gasteiger charge is 2.10. The van der Waals surface area contributed by atoms with E-state index in [1.807, 2.05) is 31.2 Å². The number of fused-ring (bicyclic) bond motifs is 1. The third kappa shape index (κ3) is 2.25. The minimum absolute atomic E-state index is 0.0569. The molecule has 0 saturated heterocycles. The van der Waals surface area contributed by atoms with E-state index in [0.717, 1.165) is 27.6 Å². The number of aromatic nitrogens is 1. The minimum Gasteiger partial charge on any atom is -0.392 e. The fourth-order valence-electron chi connectivity index (χ4n) is 2.17. The largest absolute Gasteiger partial charge is 0.392 e. The molecule has 96 valence electrons. The lowest BCUT2D eigenvalue weighted by Gasteiger charge is -2.05. The van der Waals surface area contributed by atoms with Crippen molar-refractivity contribution in [1.29, 1.82) is 0 Å². The van der Waals surface area contributed by atoms with Gasteiger partial charge in [0.05, 0.1) is 6.61 Å². The summed E-state index contributed by atoms with van der Waals surface area (Å²) in [6.45, 7) is 2.08. The number of hydrogen-bond acceptors (Lipinski definition) is 3. The molecule has 19 heavy (non-hydrogen) atoms. The molecular weight excluding hydrogens is 278 g/mol. The van der Waals surface area contributed by atoms with Gasteiger partial charge in [-0.1, -0.05) is 17.7 Å². The number of hydrogen-bond donors (Lipinski definition) is 1. The van der Waals surface area contributed by atoms with Crippen LogP contribution in [0.1, 0.15) is 11.1 Å². The summed E-state index contributed by atoms with van der Waals surface area (Å²) in [5, 5.41) is 13.0. The Balaban J connectivity index is 2.27. The van der Waals surface area contributed by atoms with Gasteiger partial charge in [0.2, 0.25) is 0 Å². The summed E-state index contributed by atoms with van der Waals surface area (Å²) in [5.74, 6) is 0. The van der Waals surface area contributed by atoms with Crippen molar-refractivity contribution in [2.45, 2.75) is 13.5 Å². The topological polar surface area (TPSA) is 33.1 Å². The molecule has 2 heterocycles. The molecule has 1 aromatic carbocycles. The predicted molar refractivity (Wildman–Crippen MR) is 80.7 cm³/mol. The monoisotopic (exact) mass is 289 g/mol.